The van der Waals surface area contributed by atoms with Crippen LogP contribution in [0.4, 0.5) is 0 Å². The van der Waals surface area contributed by atoms with Gasteiger partial charge in [-0.3, -0.25) is 0 Å². The van der Waals surface area contributed by atoms with Crippen molar-refractivity contribution in [1.29, 1.82) is 0 Å². The van der Waals surface area contributed by atoms with E-state index in [9.17, 15) is 0 Å². The number of hydrogen-bond acceptors (Lipinski definition) is 4. The highest BCUT2D eigenvalue weighted by Crippen LogP contribution is 2.41. The molecule has 4 heterocycles. The van der Waals surface area contributed by atoms with Crippen LogP contribution in [0.25, 0.3) is 5.52 Å². The van der Waals surface area contributed by atoms with E-state index in [1.54, 1.807) is 0 Å². The van der Waals surface area contributed by atoms with Gasteiger partial charge in [-0.25, -0.2) is 9.20 Å². The third-order valence-electron chi connectivity index (χ3n) is 7.44. The first-order valence-electron chi connectivity index (χ1n) is 12.6. The minimum absolute atomic E-state index is 0.121. The van der Waals surface area contributed by atoms with Gasteiger partial charge in [0.25, 0.3) is 0 Å². The number of benzene rings is 1. The van der Waals surface area contributed by atoms with Gasteiger partial charge < -0.3 is 9.47 Å². The molecular weight excluding hydrogens is 424 g/mol. The Morgan fingerprint density at radius 1 is 0.912 bits per heavy atom. The first-order valence-corrected chi connectivity index (χ1v) is 12.6. The van der Waals surface area contributed by atoms with Gasteiger partial charge in [-0.15, -0.1) is 0 Å². The molecule has 1 unspecified atom stereocenters. The molecule has 2 fully saturated rings. The van der Waals surface area contributed by atoms with Crippen LogP contribution < -0.4 is 4.74 Å². The average Bonchev–Trinajstić information content (AvgIpc) is 3.56. The van der Waals surface area contributed by atoms with E-state index >= 15 is 0 Å². The highest BCUT2D eigenvalue weighted by atomic mass is 16.5. The summed E-state index contributed by atoms with van der Waals surface area (Å²) in [5, 5.41) is 9.53. The standard InChI is InChI=1S/C28H32N4O2/c1-2-6-21(7-3-1)20-34-24-13-15-31-27(18-24)25(19-29-31)22-9-11-23(12-10-22)26-14-16-32(30-26)28-8-4-5-17-33-28/h1-3,6-7,13-16,18-19,22-23,28H,4-5,8-12,17,20H2. The van der Waals surface area contributed by atoms with E-state index < -0.39 is 0 Å². The molecule has 0 radical (unpaired) electrons. The molecule has 3 aromatic heterocycles. The molecular formula is C28H32N4O2. The molecule has 1 atom stereocenters. The lowest BCUT2D eigenvalue weighted by atomic mass is 9.78. The van der Waals surface area contributed by atoms with Gasteiger partial charge in [0, 0.05) is 36.5 Å². The number of pyridine rings is 1. The molecule has 0 amide bonds. The molecule has 6 heteroatoms. The Morgan fingerprint density at radius 2 is 1.76 bits per heavy atom. The number of hydrogen-bond donors (Lipinski definition) is 0. The fourth-order valence-electron chi connectivity index (χ4n) is 5.49. The van der Waals surface area contributed by atoms with Crippen molar-refractivity contribution < 1.29 is 9.47 Å². The van der Waals surface area contributed by atoms with Crippen LogP contribution in [0.3, 0.4) is 0 Å². The van der Waals surface area contributed by atoms with E-state index in [0.717, 1.165) is 50.0 Å². The van der Waals surface area contributed by atoms with Crippen LogP contribution in [0.15, 0.2) is 67.1 Å². The molecule has 4 aromatic rings. The molecule has 1 aliphatic heterocycles. The normalized spacial score (nSPS) is 23.2. The van der Waals surface area contributed by atoms with E-state index in [1.165, 1.54) is 29.7 Å². The molecule has 0 N–H and O–H groups in total. The summed E-state index contributed by atoms with van der Waals surface area (Å²) >= 11 is 0. The minimum atomic E-state index is 0.121. The first kappa shape index (κ1) is 21.4. The van der Waals surface area contributed by atoms with E-state index in [4.69, 9.17) is 14.6 Å². The summed E-state index contributed by atoms with van der Waals surface area (Å²) in [5.74, 6) is 1.96. The monoisotopic (exact) mass is 456 g/mol. The van der Waals surface area contributed by atoms with Crippen molar-refractivity contribution in [3.63, 3.8) is 0 Å². The van der Waals surface area contributed by atoms with E-state index in [-0.39, 0.29) is 6.23 Å². The fraction of sp³-hybridized carbons (Fsp3) is 0.429. The fourth-order valence-corrected chi connectivity index (χ4v) is 5.49. The molecule has 6 rings (SSSR count). The third kappa shape index (κ3) is 4.47. The molecule has 1 aliphatic carbocycles. The van der Waals surface area contributed by atoms with Gasteiger partial charge in [0.15, 0.2) is 0 Å². The molecule has 1 aromatic carbocycles. The number of nitrogens with zero attached hydrogens (tertiary/aromatic N) is 4. The maximum Gasteiger partial charge on any atom is 0.150 e. The zero-order valence-corrected chi connectivity index (χ0v) is 19.6. The molecule has 0 spiro atoms. The summed E-state index contributed by atoms with van der Waals surface area (Å²) in [7, 11) is 0. The summed E-state index contributed by atoms with van der Waals surface area (Å²) < 4.78 is 16.0. The van der Waals surface area contributed by atoms with Gasteiger partial charge in [0.1, 0.15) is 18.6 Å². The Balaban J connectivity index is 1.11. The number of fused-ring (bicyclic) bond motifs is 1. The van der Waals surface area contributed by atoms with Gasteiger partial charge in [0.2, 0.25) is 0 Å². The predicted octanol–water partition coefficient (Wildman–Crippen LogP) is 6.25. The van der Waals surface area contributed by atoms with Gasteiger partial charge in [-0.1, -0.05) is 30.3 Å². The van der Waals surface area contributed by atoms with Gasteiger partial charge in [-0.05, 0) is 68.6 Å². The summed E-state index contributed by atoms with van der Waals surface area (Å²) in [5.41, 5.74) is 4.90. The number of ether oxygens (including phenoxy) is 2. The molecule has 1 saturated heterocycles. The van der Waals surface area contributed by atoms with Crippen LogP contribution in [0.2, 0.25) is 0 Å². The van der Waals surface area contributed by atoms with Gasteiger partial charge >= 0.3 is 0 Å². The lowest BCUT2D eigenvalue weighted by molar-refractivity contribution is -0.0397. The SMILES string of the molecule is c1ccc(COc2ccn3ncc(C4CCC(c5ccn(C6CCCCO6)n5)CC4)c3c2)cc1. The molecule has 1 saturated carbocycles. The highest BCUT2D eigenvalue weighted by Gasteiger charge is 2.27. The second-order valence-electron chi connectivity index (χ2n) is 9.66. The third-order valence-corrected chi connectivity index (χ3v) is 7.44. The van der Waals surface area contributed by atoms with Crippen LogP contribution in [-0.2, 0) is 11.3 Å². The van der Waals surface area contributed by atoms with Crippen LogP contribution in [0, 0.1) is 0 Å². The first-order chi connectivity index (χ1) is 16.8. The van der Waals surface area contributed by atoms with Crippen molar-refractivity contribution in [2.75, 3.05) is 6.61 Å². The van der Waals surface area contributed by atoms with Crippen molar-refractivity contribution in [1.82, 2.24) is 19.4 Å². The minimum Gasteiger partial charge on any atom is -0.489 e. The zero-order chi connectivity index (χ0) is 22.7. The van der Waals surface area contributed by atoms with Gasteiger partial charge in [0.05, 0.1) is 17.4 Å². The predicted molar refractivity (Wildman–Crippen MR) is 131 cm³/mol. The summed E-state index contributed by atoms with van der Waals surface area (Å²) in [6, 6.07) is 16.6. The molecule has 2 aliphatic rings. The Bertz CT molecular complexity index is 1220. The van der Waals surface area contributed by atoms with Crippen LogP contribution >= 0.6 is 0 Å². The Kier molecular flexibility index (Phi) is 6.06. The van der Waals surface area contributed by atoms with Crippen LogP contribution in [-0.4, -0.2) is 26.0 Å². The summed E-state index contributed by atoms with van der Waals surface area (Å²) in [6.45, 7) is 1.42. The van der Waals surface area contributed by atoms with Crippen molar-refractivity contribution in [3.05, 3.63) is 83.9 Å². The molecule has 34 heavy (non-hydrogen) atoms. The maximum atomic E-state index is 6.08. The van der Waals surface area contributed by atoms with Gasteiger partial charge in [-0.2, -0.15) is 10.2 Å². The zero-order valence-electron chi connectivity index (χ0n) is 19.6. The lowest BCUT2D eigenvalue weighted by Crippen LogP contribution is -2.19. The Morgan fingerprint density at radius 3 is 2.59 bits per heavy atom. The highest BCUT2D eigenvalue weighted by molar-refractivity contribution is 5.58. The van der Waals surface area contributed by atoms with Crippen LogP contribution in [0.1, 0.15) is 79.8 Å². The summed E-state index contributed by atoms with van der Waals surface area (Å²) in [6.07, 6.45) is 14.4. The lowest BCUT2D eigenvalue weighted by Gasteiger charge is -2.27. The second-order valence-corrected chi connectivity index (χ2v) is 9.66. The van der Waals surface area contributed by atoms with Crippen molar-refractivity contribution in [3.8, 4) is 5.75 Å². The largest absolute Gasteiger partial charge is 0.489 e. The average molecular weight is 457 g/mol. The quantitative estimate of drug-likeness (QED) is 0.344. The molecule has 0 bridgehead atoms. The maximum absolute atomic E-state index is 6.08. The Labute approximate surface area is 200 Å². The Hall–Kier alpha value is -3.12. The van der Waals surface area contributed by atoms with Crippen molar-refractivity contribution in [2.45, 2.75) is 69.6 Å². The second kappa shape index (κ2) is 9.63. The molecule has 176 valence electrons. The smallest absolute Gasteiger partial charge is 0.150 e. The topological polar surface area (TPSA) is 53.6 Å². The van der Waals surface area contributed by atoms with Crippen molar-refractivity contribution >= 4 is 5.52 Å². The van der Waals surface area contributed by atoms with Crippen molar-refractivity contribution in [2.24, 2.45) is 0 Å². The van der Waals surface area contributed by atoms with E-state index in [1.807, 2.05) is 39.7 Å². The molecule has 6 nitrogen and oxygen atoms in total. The van der Waals surface area contributed by atoms with E-state index in [2.05, 4.69) is 41.8 Å². The summed E-state index contributed by atoms with van der Waals surface area (Å²) in [4.78, 5) is 0. The number of rotatable bonds is 6. The number of aromatic nitrogens is 4. The van der Waals surface area contributed by atoms with Crippen LogP contribution in [0.5, 0.6) is 5.75 Å². The van der Waals surface area contributed by atoms with E-state index in [0.29, 0.717) is 18.4 Å².